The number of aromatic nitrogens is 2. The van der Waals surface area contributed by atoms with E-state index >= 15 is 0 Å². The first kappa shape index (κ1) is 14.0. The maximum atomic E-state index is 12.0. The van der Waals surface area contributed by atoms with Gasteiger partial charge >= 0.3 is 0 Å². The van der Waals surface area contributed by atoms with E-state index in [9.17, 15) is 14.9 Å². The van der Waals surface area contributed by atoms with Crippen molar-refractivity contribution in [3.05, 3.63) is 50.7 Å². The van der Waals surface area contributed by atoms with Crippen molar-refractivity contribution in [2.24, 2.45) is 0 Å². The number of amides is 1. The smallest absolute Gasteiger partial charge is 0.270 e. The number of non-ortho nitro benzene ring substituents is 1. The van der Waals surface area contributed by atoms with E-state index < -0.39 is 10.8 Å². The van der Waals surface area contributed by atoms with Crippen LogP contribution in [-0.2, 0) is 6.42 Å². The van der Waals surface area contributed by atoms with Crippen LogP contribution >= 0.6 is 11.6 Å². The molecular weight excluding hydrogens is 284 g/mol. The Morgan fingerprint density at radius 3 is 2.80 bits per heavy atom. The van der Waals surface area contributed by atoms with Gasteiger partial charge in [-0.3, -0.25) is 20.0 Å². The number of nitro benzene ring substituents is 1. The number of hydrogen-bond donors (Lipinski definition) is 2. The van der Waals surface area contributed by atoms with Crippen LogP contribution in [0.15, 0.2) is 24.3 Å². The second-order valence-corrected chi connectivity index (χ2v) is 4.41. The molecule has 1 amide bonds. The van der Waals surface area contributed by atoms with Gasteiger partial charge in [-0.25, -0.2) is 0 Å². The lowest BCUT2D eigenvalue weighted by Crippen LogP contribution is -2.12. The monoisotopic (exact) mass is 294 g/mol. The van der Waals surface area contributed by atoms with Crippen LogP contribution in [0.25, 0.3) is 0 Å². The SMILES string of the molecule is CCc1cc(NC(=O)c2ccc([N+](=O)[O-])cc2Cl)n[nH]1. The topological polar surface area (TPSA) is 101 Å². The third kappa shape index (κ3) is 2.94. The fourth-order valence-electron chi connectivity index (χ4n) is 1.59. The predicted molar refractivity (Wildman–Crippen MR) is 74.0 cm³/mol. The molecule has 2 rings (SSSR count). The largest absolute Gasteiger partial charge is 0.305 e. The van der Waals surface area contributed by atoms with Crippen LogP contribution in [0.3, 0.4) is 0 Å². The van der Waals surface area contributed by atoms with Crippen molar-refractivity contribution >= 4 is 29.0 Å². The number of rotatable bonds is 4. The standard InChI is InChI=1S/C12H11ClN4O3/c1-2-7-5-11(16-15-7)14-12(18)9-4-3-8(17(19)20)6-10(9)13/h3-6H,2H2,1H3,(H2,14,15,16,18). The quantitative estimate of drug-likeness (QED) is 0.668. The van der Waals surface area contributed by atoms with Gasteiger partial charge in [0, 0.05) is 23.9 Å². The summed E-state index contributed by atoms with van der Waals surface area (Å²) in [5.74, 6) is -0.0969. The van der Waals surface area contributed by atoms with Gasteiger partial charge in [-0.15, -0.1) is 0 Å². The van der Waals surface area contributed by atoms with Gasteiger partial charge < -0.3 is 5.32 Å². The molecule has 104 valence electrons. The third-order valence-corrected chi connectivity index (χ3v) is 2.97. The number of nitro groups is 1. The highest BCUT2D eigenvalue weighted by Gasteiger charge is 2.15. The molecule has 0 aliphatic rings. The molecule has 0 saturated carbocycles. The summed E-state index contributed by atoms with van der Waals surface area (Å²) in [6.45, 7) is 1.95. The molecule has 1 heterocycles. The average Bonchev–Trinajstić information content (AvgIpc) is 2.85. The van der Waals surface area contributed by atoms with E-state index in [1.807, 2.05) is 6.92 Å². The Bertz CT molecular complexity index is 668. The first-order valence-corrected chi connectivity index (χ1v) is 6.18. The molecule has 0 aliphatic carbocycles. The number of halogens is 1. The molecule has 0 spiro atoms. The van der Waals surface area contributed by atoms with Crippen molar-refractivity contribution in [1.29, 1.82) is 0 Å². The van der Waals surface area contributed by atoms with Crippen molar-refractivity contribution < 1.29 is 9.72 Å². The molecule has 1 aromatic heterocycles. The van der Waals surface area contributed by atoms with Crippen molar-refractivity contribution in [1.82, 2.24) is 10.2 Å². The molecule has 0 unspecified atom stereocenters. The van der Waals surface area contributed by atoms with Crippen LogP contribution < -0.4 is 5.32 Å². The molecule has 2 aromatic rings. The number of nitrogens with one attached hydrogen (secondary N) is 2. The highest BCUT2D eigenvalue weighted by atomic mass is 35.5. The molecule has 0 atom stereocenters. The molecule has 0 saturated heterocycles. The minimum absolute atomic E-state index is 0.0166. The van der Waals surface area contributed by atoms with Crippen LogP contribution in [0.5, 0.6) is 0 Å². The Morgan fingerprint density at radius 1 is 1.50 bits per heavy atom. The number of hydrogen-bond acceptors (Lipinski definition) is 4. The van der Waals surface area contributed by atoms with Crippen LogP contribution in [-0.4, -0.2) is 21.0 Å². The summed E-state index contributed by atoms with van der Waals surface area (Å²) in [5, 5.41) is 19.9. The lowest BCUT2D eigenvalue weighted by atomic mass is 10.2. The number of carbonyl (C=O) groups is 1. The average molecular weight is 295 g/mol. The summed E-state index contributed by atoms with van der Waals surface area (Å²) in [7, 11) is 0. The fraction of sp³-hybridized carbons (Fsp3) is 0.167. The van der Waals surface area contributed by atoms with E-state index in [2.05, 4.69) is 15.5 Å². The van der Waals surface area contributed by atoms with Gasteiger partial charge in [0.25, 0.3) is 11.6 Å². The molecule has 0 bridgehead atoms. The lowest BCUT2D eigenvalue weighted by molar-refractivity contribution is -0.384. The van der Waals surface area contributed by atoms with Gasteiger partial charge in [-0.05, 0) is 12.5 Å². The van der Waals surface area contributed by atoms with Gasteiger partial charge in [-0.2, -0.15) is 5.10 Å². The summed E-state index contributed by atoms with van der Waals surface area (Å²) in [6.07, 6.45) is 0.765. The second-order valence-electron chi connectivity index (χ2n) is 4.01. The van der Waals surface area contributed by atoms with Gasteiger partial charge in [0.1, 0.15) is 0 Å². The van der Waals surface area contributed by atoms with Crippen LogP contribution in [0.4, 0.5) is 11.5 Å². The fourth-order valence-corrected chi connectivity index (χ4v) is 1.85. The second kappa shape index (κ2) is 5.70. The Labute approximate surface area is 119 Å². The van der Waals surface area contributed by atoms with Gasteiger partial charge in [-0.1, -0.05) is 18.5 Å². The van der Waals surface area contributed by atoms with Crippen molar-refractivity contribution in [3.8, 4) is 0 Å². The number of carbonyl (C=O) groups excluding carboxylic acids is 1. The van der Waals surface area contributed by atoms with E-state index in [-0.39, 0.29) is 16.3 Å². The molecule has 0 radical (unpaired) electrons. The summed E-state index contributed by atoms with van der Waals surface area (Å²) in [6, 6.07) is 5.38. The minimum Gasteiger partial charge on any atom is -0.305 e. The van der Waals surface area contributed by atoms with Crippen molar-refractivity contribution in [3.63, 3.8) is 0 Å². The number of H-pyrrole nitrogens is 1. The summed E-state index contributed by atoms with van der Waals surface area (Å²) in [4.78, 5) is 22.0. The first-order chi connectivity index (χ1) is 9.51. The first-order valence-electron chi connectivity index (χ1n) is 5.81. The minimum atomic E-state index is -0.575. The molecule has 20 heavy (non-hydrogen) atoms. The maximum absolute atomic E-state index is 12.0. The number of nitrogens with zero attached hydrogens (tertiary/aromatic N) is 2. The van der Waals surface area contributed by atoms with Gasteiger partial charge in [0.15, 0.2) is 5.82 Å². The number of anilines is 1. The van der Waals surface area contributed by atoms with Crippen LogP contribution in [0.2, 0.25) is 5.02 Å². The maximum Gasteiger partial charge on any atom is 0.270 e. The Hall–Kier alpha value is -2.41. The molecule has 8 heteroatoms. The zero-order valence-corrected chi connectivity index (χ0v) is 11.3. The van der Waals surface area contributed by atoms with E-state index in [0.717, 1.165) is 18.2 Å². The van der Waals surface area contributed by atoms with Crippen LogP contribution in [0.1, 0.15) is 23.0 Å². The molecule has 0 aliphatic heterocycles. The number of aryl methyl sites for hydroxylation is 1. The zero-order chi connectivity index (χ0) is 14.7. The zero-order valence-electron chi connectivity index (χ0n) is 10.5. The number of aromatic amines is 1. The number of benzene rings is 1. The van der Waals surface area contributed by atoms with E-state index in [1.54, 1.807) is 6.07 Å². The highest BCUT2D eigenvalue weighted by molar-refractivity contribution is 6.34. The molecule has 0 fully saturated rings. The predicted octanol–water partition coefficient (Wildman–Crippen LogP) is 2.79. The van der Waals surface area contributed by atoms with Crippen molar-refractivity contribution in [2.75, 3.05) is 5.32 Å². The lowest BCUT2D eigenvalue weighted by Gasteiger charge is -2.03. The Morgan fingerprint density at radius 2 is 2.25 bits per heavy atom. The molecule has 2 N–H and O–H groups in total. The van der Waals surface area contributed by atoms with E-state index in [1.165, 1.54) is 12.1 Å². The van der Waals surface area contributed by atoms with E-state index in [0.29, 0.717) is 5.82 Å². The highest BCUT2D eigenvalue weighted by Crippen LogP contribution is 2.23. The molecular formula is C12H11ClN4O3. The van der Waals surface area contributed by atoms with Crippen molar-refractivity contribution in [2.45, 2.75) is 13.3 Å². The summed E-state index contributed by atoms with van der Waals surface area (Å²) in [5.41, 5.74) is 0.869. The Kier molecular flexibility index (Phi) is 3.99. The Balaban J connectivity index is 2.18. The van der Waals surface area contributed by atoms with Gasteiger partial charge in [0.05, 0.1) is 15.5 Å². The molecule has 1 aromatic carbocycles. The summed E-state index contributed by atoms with van der Waals surface area (Å²) >= 11 is 5.87. The normalized spacial score (nSPS) is 10.3. The third-order valence-electron chi connectivity index (χ3n) is 2.66. The van der Waals surface area contributed by atoms with E-state index in [4.69, 9.17) is 11.6 Å². The van der Waals surface area contributed by atoms with Gasteiger partial charge in [0.2, 0.25) is 0 Å². The van der Waals surface area contributed by atoms with Crippen LogP contribution in [0, 0.1) is 10.1 Å². The molecule has 7 nitrogen and oxygen atoms in total. The summed E-state index contributed by atoms with van der Waals surface area (Å²) < 4.78 is 0.